The number of hydrogen-bond acceptors (Lipinski definition) is 5. The quantitative estimate of drug-likeness (QED) is 0.622. The van der Waals surface area contributed by atoms with Crippen LogP contribution in [0.2, 0.25) is 0 Å². The van der Waals surface area contributed by atoms with Gasteiger partial charge in [0.2, 0.25) is 0 Å². The maximum absolute atomic E-state index is 11.8. The van der Waals surface area contributed by atoms with Gasteiger partial charge >= 0.3 is 5.97 Å². The number of hydrogen-bond donors (Lipinski definition) is 0. The average Bonchev–Trinajstić information content (AvgIpc) is 2.90. The number of alkyl halides is 1. The predicted octanol–water partition coefficient (Wildman–Crippen LogP) is 1.86. The van der Waals surface area contributed by atoms with Crippen molar-refractivity contribution >= 4 is 17.6 Å². The molecule has 0 aliphatic rings. The fourth-order valence-corrected chi connectivity index (χ4v) is 1.95. The molecule has 0 saturated carbocycles. The molecule has 106 valence electrons. The van der Waals surface area contributed by atoms with Crippen LogP contribution in [0.3, 0.4) is 0 Å². The summed E-state index contributed by atoms with van der Waals surface area (Å²) in [5.74, 6) is 0.369. The van der Waals surface area contributed by atoms with E-state index < -0.39 is 5.97 Å². The lowest BCUT2D eigenvalue weighted by Gasteiger charge is -2.06. The number of methoxy groups -OCH3 is 2. The zero-order valence-corrected chi connectivity index (χ0v) is 11.9. The Morgan fingerprint density at radius 2 is 2.00 bits per heavy atom. The highest BCUT2D eigenvalue weighted by molar-refractivity contribution is 6.17. The minimum atomic E-state index is -0.501. The van der Waals surface area contributed by atoms with Crippen molar-refractivity contribution in [3.63, 3.8) is 0 Å². The zero-order chi connectivity index (χ0) is 14.5. The van der Waals surface area contributed by atoms with Crippen LogP contribution in [0.4, 0.5) is 0 Å². The summed E-state index contributed by atoms with van der Waals surface area (Å²) < 4.78 is 11.3. The zero-order valence-electron chi connectivity index (χ0n) is 11.2. The molecule has 20 heavy (non-hydrogen) atoms. The lowest BCUT2D eigenvalue weighted by molar-refractivity contribution is 0.0586. The van der Waals surface area contributed by atoms with Crippen molar-refractivity contribution < 1.29 is 14.3 Å². The summed E-state index contributed by atoms with van der Waals surface area (Å²) in [5.41, 5.74) is 1.65. The van der Waals surface area contributed by atoms with E-state index in [4.69, 9.17) is 21.1 Å². The monoisotopic (exact) mass is 295 g/mol. The molecule has 7 heteroatoms. The molecule has 0 radical (unpaired) electrons. The Hall–Kier alpha value is -2.08. The van der Waals surface area contributed by atoms with Crippen LogP contribution in [0.1, 0.15) is 21.7 Å². The van der Waals surface area contributed by atoms with Crippen LogP contribution < -0.4 is 4.74 Å². The van der Waals surface area contributed by atoms with Crippen molar-refractivity contribution in [1.29, 1.82) is 0 Å². The highest BCUT2D eigenvalue weighted by Gasteiger charge is 2.20. The molecule has 0 bridgehead atoms. The highest BCUT2D eigenvalue weighted by Crippen LogP contribution is 2.15. The molecule has 0 amide bonds. The molecule has 0 spiro atoms. The van der Waals surface area contributed by atoms with E-state index in [0.717, 1.165) is 11.3 Å². The van der Waals surface area contributed by atoms with Gasteiger partial charge in [0.15, 0.2) is 5.69 Å². The van der Waals surface area contributed by atoms with Gasteiger partial charge in [-0.1, -0.05) is 17.3 Å². The fraction of sp³-hybridized carbons (Fsp3) is 0.308. The van der Waals surface area contributed by atoms with E-state index in [1.54, 1.807) is 7.11 Å². The fourth-order valence-electron chi connectivity index (χ4n) is 1.77. The van der Waals surface area contributed by atoms with Gasteiger partial charge in [0.25, 0.3) is 0 Å². The maximum Gasteiger partial charge on any atom is 0.358 e. The molecule has 0 unspecified atom stereocenters. The van der Waals surface area contributed by atoms with Crippen molar-refractivity contribution in [3.8, 4) is 5.75 Å². The molecule has 0 aliphatic heterocycles. The summed E-state index contributed by atoms with van der Waals surface area (Å²) in [6.45, 7) is 0.401. The van der Waals surface area contributed by atoms with Gasteiger partial charge in [-0.05, 0) is 17.7 Å². The van der Waals surface area contributed by atoms with Crippen molar-refractivity contribution in [3.05, 3.63) is 41.2 Å². The first-order chi connectivity index (χ1) is 9.69. The predicted molar refractivity (Wildman–Crippen MR) is 73.0 cm³/mol. The first-order valence-corrected chi connectivity index (χ1v) is 6.42. The van der Waals surface area contributed by atoms with Gasteiger partial charge in [0, 0.05) is 0 Å². The summed E-state index contributed by atoms with van der Waals surface area (Å²) in [7, 11) is 2.92. The Labute approximate surface area is 121 Å². The smallest absolute Gasteiger partial charge is 0.358 e. The average molecular weight is 296 g/mol. The van der Waals surface area contributed by atoms with E-state index in [1.807, 2.05) is 24.3 Å². The standard InChI is InChI=1S/C13H14ClN3O3/c1-19-10-5-3-9(4-6-10)8-17-12(13(18)20-2)11(7-14)15-16-17/h3-6H,7-8H2,1-2H3. The van der Waals surface area contributed by atoms with Gasteiger partial charge in [-0.15, -0.1) is 16.7 Å². The largest absolute Gasteiger partial charge is 0.497 e. The molecule has 0 atom stereocenters. The molecule has 2 aromatic rings. The molecular formula is C13H14ClN3O3. The van der Waals surface area contributed by atoms with Gasteiger partial charge in [-0.3, -0.25) is 0 Å². The molecule has 0 fully saturated rings. The van der Waals surface area contributed by atoms with Crippen LogP contribution in [0.15, 0.2) is 24.3 Å². The Balaban J connectivity index is 2.28. The number of rotatable bonds is 5. The molecule has 1 heterocycles. The highest BCUT2D eigenvalue weighted by atomic mass is 35.5. The van der Waals surface area contributed by atoms with Crippen molar-refractivity contribution in [2.24, 2.45) is 0 Å². The Bertz CT molecular complexity index is 595. The van der Waals surface area contributed by atoms with Crippen molar-refractivity contribution in [1.82, 2.24) is 15.0 Å². The lowest BCUT2D eigenvalue weighted by atomic mass is 10.2. The van der Waals surface area contributed by atoms with Gasteiger partial charge in [-0.2, -0.15) is 0 Å². The number of benzene rings is 1. The molecule has 0 N–H and O–H groups in total. The van der Waals surface area contributed by atoms with Crippen LogP contribution in [0.25, 0.3) is 0 Å². The maximum atomic E-state index is 11.8. The molecule has 0 saturated heterocycles. The summed E-state index contributed by atoms with van der Waals surface area (Å²) in [6.07, 6.45) is 0. The van der Waals surface area contributed by atoms with E-state index in [9.17, 15) is 4.79 Å². The molecule has 6 nitrogen and oxygen atoms in total. The SMILES string of the molecule is COC(=O)c1c(CCl)nnn1Cc1ccc(OC)cc1. The molecule has 1 aromatic carbocycles. The third-order valence-corrected chi connectivity index (χ3v) is 3.05. The third-order valence-electron chi connectivity index (χ3n) is 2.80. The molecule has 0 aliphatic carbocycles. The first-order valence-electron chi connectivity index (χ1n) is 5.89. The second-order valence-corrected chi connectivity index (χ2v) is 4.28. The lowest BCUT2D eigenvalue weighted by Crippen LogP contribution is -2.14. The first kappa shape index (κ1) is 14.3. The van der Waals surface area contributed by atoms with Gasteiger partial charge in [0.1, 0.15) is 11.4 Å². The summed E-state index contributed by atoms with van der Waals surface area (Å²) in [5, 5.41) is 7.83. The number of esters is 1. The van der Waals surface area contributed by atoms with E-state index in [-0.39, 0.29) is 11.6 Å². The Kier molecular flexibility index (Phi) is 4.57. The number of ether oxygens (including phenoxy) is 2. The molecule has 1 aromatic heterocycles. The van der Waals surface area contributed by atoms with E-state index in [2.05, 4.69) is 10.3 Å². The summed E-state index contributed by atoms with van der Waals surface area (Å²) in [4.78, 5) is 11.8. The minimum absolute atomic E-state index is 0.104. The second kappa shape index (κ2) is 6.38. The number of halogens is 1. The van der Waals surface area contributed by atoms with Gasteiger partial charge in [-0.25, -0.2) is 9.48 Å². The molecular weight excluding hydrogens is 282 g/mol. The summed E-state index contributed by atoms with van der Waals surface area (Å²) in [6, 6.07) is 7.46. The van der Waals surface area contributed by atoms with Crippen LogP contribution in [-0.4, -0.2) is 35.2 Å². The van der Waals surface area contributed by atoms with E-state index in [1.165, 1.54) is 11.8 Å². The number of nitrogens with zero attached hydrogens (tertiary/aromatic N) is 3. The normalized spacial score (nSPS) is 10.3. The summed E-state index contributed by atoms with van der Waals surface area (Å²) >= 11 is 5.75. The topological polar surface area (TPSA) is 66.2 Å². The number of aromatic nitrogens is 3. The van der Waals surface area contributed by atoms with Gasteiger partial charge < -0.3 is 9.47 Å². The second-order valence-electron chi connectivity index (χ2n) is 4.02. The van der Waals surface area contributed by atoms with Crippen LogP contribution >= 0.6 is 11.6 Å². The van der Waals surface area contributed by atoms with Crippen LogP contribution in [0.5, 0.6) is 5.75 Å². The van der Waals surface area contributed by atoms with Crippen LogP contribution in [0, 0.1) is 0 Å². The van der Waals surface area contributed by atoms with E-state index in [0.29, 0.717) is 12.2 Å². The Morgan fingerprint density at radius 3 is 2.55 bits per heavy atom. The van der Waals surface area contributed by atoms with E-state index >= 15 is 0 Å². The van der Waals surface area contributed by atoms with Crippen molar-refractivity contribution in [2.75, 3.05) is 14.2 Å². The minimum Gasteiger partial charge on any atom is -0.497 e. The van der Waals surface area contributed by atoms with Crippen LogP contribution in [-0.2, 0) is 17.2 Å². The van der Waals surface area contributed by atoms with Crippen molar-refractivity contribution in [2.45, 2.75) is 12.4 Å². The number of carbonyl (C=O) groups is 1. The number of carbonyl (C=O) groups excluding carboxylic acids is 1. The third kappa shape index (κ3) is 2.91. The van der Waals surface area contributed by atoms with Gasteiger partial charge in [0.05, 0.1) is 26.6 Å². The molecule has 2 rings (SSSR count). The Morgan fingerprint density at radius 1 is 1.30 bits per heavy atom.